The number of hydrogen-bond acceptors (Lipinski definition) is 1. The fourth-order valence-electron chi connectivity index (χ4n) is 1.91. The van der Waals surface area contributed by atoms with E-state index >= 15 is 0 Å². The average molecular weight is 340 g/mol. The quantitative estimate of drug-likeness (QED) is 0.617. The highest BCUT2D eigenvalue weighted by molar-refractivity contribution is 6.36. The zero-order valence-electron chi connectivity index (χ0n) is 11.8. The van der Waals surface area contributed by atoms with Crippen LogP contribution in [0.1, 0.15) is 30.6 Å². The van der Waals surface area contributed by atoms with Gasteiger partial charge in [0, 0.05) is 18.0 Å². The molecule has 0 spiro atoms. The van der Waals surface area contributed by atoms with Crippen molar-refractivity contribution >= 4 is 29.1 Å². The van der Waals surface area contributed by atoms with E-state index in [1.165, 1.54) is 0 Å². The fourth-order valence-corrected chi connectivity index (χ4v) is 2.41. The lowest BCUT2D eigenvalue weighted by atomic mass is 10.2. The van der Waals surface area contributed by atoms with Crippen LogP contribution in [0.5, 0.6) is 0 Å². The first-order valence-corrected chi connectivity index (χ1v) is 7.40. The van der Waals surface area contributed by atoms with E-state index in [9.17, 15) is 4.79 Å². The number of carbonyl (C=O) groups excluding carboxylic acids is 1. The summed E-state index contributed by atoms with van der Waals surface area (Å²) in [6.45, 7) is 8.32. The maximum Gasteiger partial charge on any atom is 0.252 e. The molecular formula is C14H21Cl3N2O. The minimum atomic E-state index is -0.142. The number of quaternary nitrogens is 1. The molecule has 3 nitrogen and oxygen atoms in total. The molecule has 0 aliphatic carbocycles. The predicted molar refractivity (Wildman–Crippen MR) is 80.3 cm³/mol. The normalized spacial score (nSPS) is 10.2. The lowest BCUT2D eigenvalue weighted by Crippen LogP contribution is -3.11. The summed E-state index contributed by atoms with van der Waals surface area (Å²) in [6.07, 6.45) is 0.966. The molecule has 0 heterocycles. The van der Waals surface area contributed by atoms with Gasteiger partial charge in [-0.2, -0.15) is 0 Å². The molecular weight excluding hydrogens is 319 g/mol. The summed E-state index contributed by atoms with van der Waals surface area (Å²) in [4.78, 5) is 13.5. The third-order valence-electron chi connectivity index (χ3n) is 3.17. The first-order valence-electron chi connectivity index (χ1n) is 6.65. The first-order chi connectivity index (χ1) is 9.08. The number of benzene rings is 1. The number of amides is 1. The Morgan fingerprint density at radius 3 is 2.45 bits per heavy atom. The van der Waals surface area contributed by atoms with Crippen LogP contribution in [-0.4, -0.2) is 32.1 Å². The van der Waals surface area contributed by atoms with Gasteiger partial charge >= 0.3 is 0 Å². The standard InChI is InChI=1S/C14H20Cl2N2O.ClH/c1-3-18(4-2)9-5-8-17-14(19)12-7-6-11(15)10-13(12)16;/h6-7,10H,3-5,8-9H2,1-2H3,(H,17,19);1H. The van der Waals surface area contributed by atoms with Crippen LogP contribution in [0.2, 0.25) is 10.0 Å². The molecule has 0 saturated heterocycles. The third kappa shape index (κ3) is 6.31. The van der Waals surface area contributed by atoms with Gasteiger partial charge in [0.2, 0.25) is 0 Å². The second-order valence-electron chi connectivity index (χ2n) is 4.44. The molecule has 0 aliphatic rings. The van der Waals surface area contributed by atoms with E-state index < -0.39 is 0 Å². The predicted octanol–water partition coefficient (Wildman–Crippen LogP) is -0.958. The Hall–Kier alpha value is -0.480. The highest BCUT2D eigenvalue weighted by Gasteiger charge is 2.10. The Bertz CT molecular complexity index is 423. The van der Waals surface area contributed by atoms with E-state index in [1.54, 1.807) is 23.1 Å². The van der Waals surface area contributed by atoms with Crippen molar-refractivity contribution in [1.82, 2.24) is 5.32 Å². The van der Waals surface area contributed by atoms with Crippen LogP contribution in [0.4, 0.5) is 0 Å². The molecule has 2 N–H and O–H groups in total. The monoisotopic (exact) mass is 338 g/mol. The van der Waals surface area contributed by atoms with Crippen LogP contribution in [0.25, 0.3) is 0 Å². The molecule has 0 radical (unpaired) electrons. The van der Waals surface area contributed by atoms with Gasteiger partial charge in [-0.15, -0.1) is 0 Å². The summed E-state index contributed by atoms with van der Waals surface area (Å²) in [7, 11) is 0. The molecule has 0 fully saturated rings. The van der Waals surface area contributed by atoms with E-state index in [2.05, 4.69) is 19.2 Å². The van der Waals surface area contributed by atoms with E-state index in [0.717, 1.165) is 26.1 Å². The number of rotatable bonds is 7. The van der Waals surface area contributed by atoms with Crippen LogP contribution in [-0.2, 0) is 0 Å². The molecule has 0 atom stereocenters. The minimum absolute atomic E-state index is 0. The summed E-state index contributed by atoms with van der Waals surface area (Å²) in [5.74, 6) is -0.142. The Morgan fingerprint density at radius 1 is 1.25 bits per heavy atom. The second kappa shape index (κ2) is 10.3. The Balaban J connectivity index is 0.00000361. The van der Waals surface area contributed by atoms with Gasteiger partial charge in [0.1, 0.15) is 0 Å². The topological polar surface area (TPSA) is 33.5 Å². The molecule has 6 heteroatoms. The summed E-state index contributed by atoms with van der Waals surface area (Å²) >= 11 is 11.8. The highest BCUT2D eigenvalue weighted by atomic mass is 35.5. The highest BCUT2D eigenvalue weighted by Crippen LogP contribution is 2.20. The van der Waals surface area contributed by atoms with Crippen molar-refractivity contribution in [2.75, 3.05) is 26.2 Å². The van der Waals surface area contributed by atoms with Gasteiger partial charge in [-0.25, -0.2) is 0 Å². The molecule has 1 rings (SSSR count). The maximum absolute atomic E-state index is 11.9. The minimum Gasteiger partial charge on any atom is -1.00 e. The second-order valence-corrected chi connectivity index (χ2v) is 5.28. The first kappa shape index (κ1) is 19.5. The number of hydrogen-bond donors (Lipinski definition) is 2. The lowest BCUT2D eigenvalue weighted by Gasteiger charge is -2.15. The summed E-state index contributed by atoms with van der Waals surface area (Å²) in [5.41, 5.74) is 0.473. The average Bonchev–Trinajstić information content (AvgIpc) is 2.38. The molecule has 1 aromatic carbocycles. The fraction of sp³-hybridized carbons (Fsp3) is 0.500. The van der Waals surface area contributed by atoms with Crippen LogP contribution in [0, 0.1) is 0 Å². The molecule has 0 aliphatic heterocycles. The lowest BCUT2D eigenvalue weighted by molar-refractivity contribution is -0.896. The Labute approximate surface area is 137 Å². The molecule has 0 aromatic heterocycles. The van der Waals surface area contributed by atoms with Crippen molar-refractivity contribution < 1.29 is 22.1 Å². The molecule has 1 amide bonds. The molecule has 0 bridgehead atoms. The van der Waals surface area contributed by atoms with Gasteiger partial charge in [0.25, 0.3) is 5.91 Å². The van der Waals surface area contributed by atoms with Crippen molar-refractivity contribution in [3.63, 3.8) is 0 Å². The zero-order chi connectivity index (χ0) is 14.3. The summed E-state index contributed by atoms with van der Waals surface area (Å²) in [6, 6.07) is 4.90. The van der Waals surface area contributed by atoms with Crippen LogP contribution in [0.15, 0.2) is 18.2 Å². The summed E-state index contributed by atoms with van der Waals surface area (Å²) < 4.78 is 0. The third-order valence-corrected chi connectivity index (χ3v) is 3.72. The van der Waals surface area contributed by atoms with E-state index in [0.29, 0.717) is 22.2 Å². The number of carbonyl (C=O) groups is 1. The van der Waals surface area contributed by atoms with Gasteiger partial charge < -0.3 is 22.6 Å². The van der Waals surface area contributed by atoms with E-state index in [-0.39, 0.29) is 18.3 Å². The van der Waals surface area contributed by atoms with Gasteiger partial charge in [-0.05, 0) is 32.0 Å². The van der Waals surface area contributed by atoms with Crippen molar-refractivity contribution in [1.29, 1.82) is 0 Å². The maximum atomic E-state index is 11.9. The summed E-state index contributed by atoms with van der Waals surface area (Å²) in [5, 5.41) is 3.81. The van der Waals surface area contributed by atoms with Gasteiger partial charge in [-0.3, -0.25) is 4.79 Å². The smallest absolute Gasteiger partial charge is 0.252 e. The van der Waals surface area contributed by atoms with Crippen LogP contribution >= 0.6 is 23.2 Å². The SMILES string of the molecule is CC[NH+](CC)CCCNC(=O)c1ccc(Cl)cc1Cl.[Cl-]. The van der Waals surface area contributed by atoms with Gasteiger partial charge in [0.15, 0.2) is 0 Å². The van der Waals surface area contributed by atoms with Gasteiger partial charge in [-0.1, -0.05) is 23.2 Å². The van der Waals surface area contributed by atoms with Crippen molar-refractivity contribution in [3.8, 4) is 0 Å². The van der Waals surface area contributed by atoms with E-state index in [1.807, 2.05) is 0 Å². The zero-order valence-corrected chi connectivity index (χ0v) is 14.1. The van der Waals surface area contributed by atoms with Crippen molar-refractivity contribution in [3.05, 3.63) is 33.8 Å². The molecule has 1 aromatic rings. The van der Waals surface area contributed by atoms with Crippen molar-refractivity contribution in [2.24, 2.45) is 0 Å². The Kier molecular flexibility index (Phi) is 10.0. The molecule has 0 unspecified atom stereocenters. The largest absolute Gasteiger partial charge is 1.00 e. The molecule has 20 heavy (non-hydrogen) atoms. The molecule has 114 valence electrons. The number of halogens is 3. The van der Waals surface area contributed by atoms with Crippen molar-refractivity contribution in [2.45, 2.75) is 20.3 Å². The van der Waals surface area contributed by atoms with Gasteiger partial charge in [0.05, 0.1) is 30.2 Å². The van der Waals surface area contributed by atoms with E-state index in [4.69, 9.17) is 23.2 Å². The number of nitrogens with one attached hydrogen (secondary N) is 2. The Morgan fingerprint density at radius 2 is 1.90 bits per heavy atom. The van der Waals surface area contributed by atoms with Crippen LogP contribution in [0.3, 0.4) is 0 Å². The molecule has 0 saturated carbocycles. The van der Waals surface area contributed by atoms with Crippen LogP contribution < -0.4 is 22.6 Å².